The normalized spacial score (nSPS) is 12.6. The monoisotopic (exact) mass is 261 g/mol. The van der Waals surface area contributed by atoms with Crippen LogP contribution in [0.5, 0.6) is 0 Å². The van der Waals surface area contributed by atoms with Crippen molar-refractivity contribution in [3.8, 4) is 0 Å². The Morgan fingerprint density at radius 1 is 1.37 bits per heavy atom. The van der Waals surface area contributed by atoms with Gasteiger partial charge in [0.25, 0.3) is 0 Å². The highest BCUT2D eigenvalue weighted by Crippen LogP contribution is 2.22. The van der Waals surface area contributed by atoms with Crippen molar-refractivity contribution in [3.05, 3.63) is 30.1 Å². The first-order valence-electron chi connectivity index (χ1n) is 6.33. The lowest BCUT2D eigenvalue weighted by Crippen LogP contribution is -2.18. The zero-order chi connectivity index (χ0) is 13.7. The summed E-state index contributed by atoms with van der Waals surface area (Å²) < 4.78 is 4.89. The van der Waals surface area contributed by atoms with E-state index in [-0.39, 0.29) is 0 Å². The topological polar surface area (TPSA) is 67.3 Å². The summed E-state index contributed by atoms with van der Waals surface area (Å²) in [6, 6.07) is 5.99. The van der Waals surface area contributed by atoms with Gasteiger partial charge in [-0.2, -0.15) is 0 Å². The number of hydrogen-bond donors (Lipinski definition) is 2. The summed E-state index contributed by atoms with van der Waals surface area (Å²) in [4.78, 5) is 8.53. The summed E-state index contributed by atoms with van der Waals surface area (Å²) in [5, 5.41) is 13.9. The van der Waals surface area contributed by atoms with Crippen LogP contribution in [0.3, 0.4) is 0 Å². The Morgan fingerprint density at radius 2 is 2.21 bits per heavy atom. The van der Waals surface area contributed by atoms with E-state index < -0.39 is 6.10 Å². The van der Waals surface area contributed by atoms with Gasteiger partial charge in [-0.3, -0.25) is 0 Å². The van der Waals surface area contributed by atoms with Gasteiger partial charge in [-0.25, -0.2) is 9.97 Å². The van der Waals surface area contributed by atoms with Gasteiger partial charge in [0.15, 0.2) is 0 Å². The number of aliphatic hydroxyl groups excluding tert-OH is 1. The van der Waals surface area contributed by atoms with Crippen molar-refractivity contribution in [2.45, 2.75) is 19.4 Å². The van der Waals surface area contributed by atoms with Crippen LogP contribution < -0.4 is 5.32 Å². The molecule has 1 aromatic heterocycles. The number of anilines is 1. The average molecular weight is 261 g/mol. The van der Waals surface area contributed by atoms with Crippen molar-refractivity contribution in [2.24, 2.45) is 0 Å². The standard InChI is InChI=1S/C14H19N3O2/c1-10-4-3-5-12-13(10)14(17-9-16-12)15-7-6-11(18)8-19-2/h3-5,9,11,18H,6-8H2,1-2H3,(H,15,16,17). The molecule has 0 fully saturated rings. The molecule has 1 unspecified atom stereocenters. The highest BCUT2D eigenvalue weighted by Gasteiger charge is 2.07. The summed E-state index contributed by atoms with van der Waals surface area (Å²) in [7, 11) is 1.58. The number of nitrogens with zero attached hydrogens (tertiary/aromatic N) is 2. The number of ether oxygens (including phenoxy) is 1. The van der Waals surface area contributed by atoms with Gasteiger partial charge in [-0.05, 0) is 25.0 Å². The highest BCUT2D eigenvalue weighted by molar-refractivity contribution is 5.91. The molecule has 1 atom stereocenters. The lowest BCUT2D eigenvalue weighted by molar-refractivity contribution is 0.0615. The van der Waals surface area contributed by atoms with Crippen LogP contribution in [0.1, 0.15) is 12.0 Å². The second kappa shape index (κ2) is 6.45. The van der Waals surface area contributed by atoms with Crippen LogP contribution in [0.15, 0.2) is 24.5 Å². The molecule has 0 aliphatic heterocycles. The minimum atomic E-state index is -0.452. The van der Waals surface area contributed by atoms with Crippen molar-refractivity contribution >= 4 is 16.7 Å². The largest absolute Gasteiger partial charge is 0.391 e. The molecule has 102 valence electrons. The maximum Gasteiger partial charge on any atom is 0.137 e. The SMILES string of the molecule is COCC(O)CCNc1ncnc2cccc(C)c12. The van der Waals surface area contributed by atoms with Gasteiger partial charge < -0.3 is 15.2 Å². The molecule has 5 heteroatoms. The Hall–Kier alpha value is -1.72. The first kappa shape index (κ1) is 13.7. The fourth-order valence-electron chi connectivity index (χ4n) is 2.05. The first-order chi connectivity index (χ1) is 9.22. The second-order valence-electron chi connectivity index (χ2n) is 4.52. The van der Waals surface area contributed by atoms with Gasteiger partial charge in [-0.15, -0.1) is 0 Å². The third-order valence-electron chi connectivity index (χ3n) is 3.00. The van der Waals surface area contributed by atoms with Crippen LogP contribution >= 0.6 is 0 Å². The molecule has 19 heavy (non-hydrogen) atoms. The van der Waals surface area contributed by atoms with Crippen LogP contribution in [-0.4, -0.2) is 41.4 Å². The first-order valence-corrected chi connectivity index (χ1v) is 6.33. The molecule has 0 saturated heterocycles. The Kier molecular flexibility index (Phi) is 4.65. The lowest BCUT2D eigenvalue weighted by atomic mass is 10.1. The van der Waals surface area contributed by atoms with Gasteiger partial charge >= 0.3 is 0 Å². The summed E-state index contributed by atoms with van der Waals surface area (Å²) >= 11 is 0. The van der Waals surface area contributed by atoms with Crippen molar-refractivity contribution in [2.75, 3.05) is 25.6 Å². The van der Waals surface area contributed by atoms with Crippen LogP contribution in [0.2, 0.25) is 0 Å². The van der Waals surface area contributed by atoms with E-state index in [2.05, 4.69) is 15.3 Å². The molecule has 0 saturated carbocycles. The molecule has 0 amide bonds. The summed E-state index contributed by atoms with van der Waals surface area (Å²) in [5.74, 6) is 0.813. The third-order valence-corrected chi connectivity index (χ3v) is 3.00. The number of fused-ring (bicyclic) bond motifs is 1. The highest BCUT2D eigenvalue weighted by atomic mass is 16.5. The Bertz CT molecular complexity index is 540. The van der Waals surface area contributed by atoms with Gasteiger partial charge in [0, 0.05) is 19.0 Å². The van der Waals surface area contributed by atoms with E-state index in [1.807, 2.05) is 25.1 Å². The van der Waals surface area contributed by atoms with Gasteiger partial charge in [0.2, 0.25) is 0 Å². The molecule has 1 aromatic carbocycles. The molecule has 1 heterocycles. The maximum absolute atomic E-state index is 9.60. The molecule has 0 spiro atoms. The zero-order valence-corrected chi connectivity index (χ0v) is 11.3. The fourth-order valence-corrected chi connectivity index (χ4v) is 2.05. The Morgan fingerprint density at radius 3 is 3.00 bits per heavy atom. The molecule has 2 rings (SSSR count). The molecule has 0 aliphatic rings. The summed E-state index contributed by atoms with van der Waals surface area (Å²) in [6.45, 7) is 3.03. The van der Waals surface area contributed by atoms with Crippen LogP contribution in [0, 0.1) is 6.92 Å². The van der Waals surface area contributed by atoms with Crippen molar-refractivity contribution in [1.82, 2.24) is 9.97 Å². The number of hydrogen-bond acceptors (Lipinski definition) is 5. The van der Waals surface area contributed by atoms with Gasteiger partial charge in [0.05, 0.1) is 18.2 Å². The molecule has 0 bridgehead atoms. The third kappa shape index (κ3) is 3.39. The number of methoxy groups -OCH3 is 1. The smallest absolute Gasteiger partial charge is 0.137 e. The molecule has 0 aliphatic carbocycles. The van der Waals surface area contributed by atoms with E-state index in [1.165, 1.54) is 0 Å². The second-order valence-corrected chi connectivity index (χ2v) is 4.52. The maximum atomic E-state index is 9.60. The predicted octanol–water partition coefficient (Wildman–Crippen LogP) is 1.75. The summed E-state index contributed by atoms with van der Waals surface area (Å²) in [6.07, 6.45) is 1.72. The summed E-state index contributed by atoms with van der Waals surface area (Å²) in [5.41, 5.74) is 2.06. The number of aryl methyl sites for hydroxylation is 1. The lowest BCUT2D eigenvalue weighted by Gasteiger charge is -2.12. The Balaban J connectivity index is 2.08. The Labute approximate surface area is 112 Å². The molecular formula is C14H19N3O2. The number of nitrogens with one attached hydrogen (secondary N) is 1. The van der Waals surface area contributed by atoms with Crippen LogP contribution in [0.4, 0.5) is 5.82 Å². The van der Waals surface area contributed by atoms with Gasteiger partial charge in [-0.1, -0.05) is 12.1 Å². The molecular weight excluding hydrogens is 242 g/mol. The minimum absolute atomic E-state index is 0.352. The van der Waals surface area contributed by atoms with Crippen LogP contribution in [-0.2, 0) is 4.74 Å². The van der Waals surface area contributed by atoms with Crippen molar-refractivity contribution in [1.29, 1.82) is 0 Å². The fraction of sp³-hybridized carbons (Fsp3) is 0.429. The van der Waals surface area contributed by atoms with E-state index in [0.29, 0.717) is 19.6 Å². The molecule has 5 nitrogen and oxygen atoms in total. The number of benzene rings is 1. The molecule has 0 radical (unpaired) electrons. The molecule has 2 aromatic rings. The van der Waals surface area contributed by atoms with Crippen molar-refractivity contribution < 1.29 is 9.84 Å². The minimum Gasteiger partial charge on any atom is -0.391 e. The van der Waals surface area contributed by atoms with E-state index in [0.717, 1.165) is 22.3 Å². The van der Waals surface area contributed by atoms with E-state index in [1.54, 1.807) is 13.4 Å². The predicted molar refractivity (Wildman–Crippen MR) is 75.3 cm³/mol. The number of aliphatic hydroxyl groups is 1. The zero-order valence-electron chi connectivity index (χ0n) is 11.3. The average Bonchev–Trinajstić information content (AvgIpc) is 2.39. The van der Waals surface area contributed by atoms with Crippen molar-refractivity contribution in [3.63, 3.8) is 0 Å². The van der Waals surface area contributed by atoms with E-state index in [9.17, 15) is 5.11 Å². The van der Waals surface area contributed by atoms with Gasteiger partial charge in [0.1, 0.15) is 12.1 Å². The van der Waals surface area contributed by atoms with E-state index in [4.69, 9.17) is 4.74 Å². The van der Waals surface area contributed by atoms with Crippen LogP contribution in [0.25, 0.3) is 10.9 Å². The quantitative estimate of drug-likeness (QED) is 0.829. The number of rotatable bonds is 6. The molecule has 2 N–H and O–H groups in total. The number of aromatic nitrogens is 2. The van der Waals surface area contributed by atoms with E-state index >= 15 is 0 Å².